The minimum absolute atomic E-state index is 0.213. The molecule has 3 nitrogen and oxygen atoms in total. The molecule has 1 unspecified atom stereocenters. The Bertz CT molecular complexity index is 410. The Labute approximate surface area is 127 Å². The van der Waals surface area contributed by atoms with Gasteiger partial charge in [-0.05, 0) is 37.2 Å². The van der Waals surface area contributed by atoms with Crippen molar-refractivity contribution in [2.45, 2.75) is 57.4 Å². The monoisotopic (exact) mass is 289 g/mol. The van der Waals surface area contributed by atoms with E-state index < -0.39 is 6.04 Å². The zero-order valence-electron chi connectivity index (χ0n) is 12.8. The molecule has 1 aliphatic carbocycles. The molecular formula is C18H27NO2. The Balaban J connectivity index is 1.66. The van der Waals surface area contributed by atoms with Crippen LogP contribution in [0.25, 0.3) is 0 Å². The molecule has 2 rings (SSSR count). The molecule has 0 aliphatic heterocycles. The second-order valence-corrected chi connectivity index (χ2v) is 6.03. The van der Waals surface area contributed by atoms with Gasteiger partial charge >= 0.3 is 5.97 Å². The molecule has 0 spiro atoms. The van der Waals surface area contributed by atoms with Crippen LogP contribution in [0.3, 0.4) is 0 Å². The van der Waals surface area contributed by atoms with Gasteiger partial charge in [0.15, 0.2) is 0 Å². The lowest BCUT2D eigenvalue weighted by molar-refractivity contribution is -0.146. The summed E-state index contributed by atoms with van der Waals surface area (Å²) in [4.78, 5) is 12.0. The van der Waals surface area contributed by atoms with Crippen LogP contribution in [-0.2, 0) is 16.0 Å². The van der Waals surface area contributed by atoms with Crippen LogP contribution in [0.15, 0.2) is 30.3 Å². The van der Waals surface area contributed by atoms with E-state index in [2.05, 4.69) is 12.1 Å². The molecule has 1 saturated carbocycles. The first kappa shape index (κ1) is 16.0. The van der Waals surface area contributed by atoms with Gasteiger partial charge in [0.1, 0.15) is 6.04 Å². The first-order chi connectivity index (χ1) is 10.3. The number of rotatable bonds is 6. The van der Waals surface area contributed by atoms with Gasteiger partial charge in [-0.15, -0.1) is 0 Å². The highest BCUT2D eigenvalue weighted by atomic mass is 16.5. The van der Waals surface area contributed by atoms with Crippen LogP contribution < -0.4 is 5.73 Å². The average Bonchev–Trinajstić information content (AvgIpc) is 2.81. The lowest BCUT2D eigenvalue weighted by Gasteiger charge is -2.20. The van der Waals surface area contributed by atoms with Gasteiger partial charge in [0, 0.05) is 0 Å². The van der Waals surface area contributed by atoms with Crippen molar-refractivity contribution in [3.05, 3.63) is 35.9 Å². The van der Waals surface area contributed by atoms with E-state index in [-0.39, 0.29) is 5.97 Å². The molecule has 1 aromatic rings. The smallest absolute Gasteiger partial charge is 0.323 e. The number of ether oxygens (including phenoxy) is 1. The number of carbonyl (C=O) groups excluding carboxylic acids is 1. The number of nitrogens with two attached hydrogens (primary N) is 1. The van der Waals surface area contributed by atoms with Gasteiger partial charge in [0.25, 0.3) is 0 Å². The van der Waals surface area contributed by atoms with Crippen molar-refractivity contribution in [2.24, 2.45) is 11.7 Å². The highest BCUT2D eigenvalue weighted by molar-refractivity contribution is 5.75. The Kier molecular flexibility index (Phi) is 6.74. The van der Waals surface area contributed by atoms with Crippen molar-refractivity contribution in [3.8, 4) is 0 Å². The molecule has 3 heteroatoms. The molecule has 0 saturated heterocycles. The Morgan fingerprint density at radius 1 is 1.14 bits per heavy atom. The number of aryl methyl sites for hydroxylation is 1. The van der Waals surface area contributed by atoms with E-state index in [0.717, 1.165) is 25.7 Å². The molecule has 1 aromatic carbocycles. The standard InChI is InChI=1S/C18H27NO2/c19-17(16-12-6-1-2-7-13-16)18(20)21-14-8-11-15-9-4-3-5-10-15/h3-5,9-10,16-17H,1-2,6-8,11-14,19H2. The van der Waals surface area contributed by atoms with Crippen LogP contribution in [0.4, 0.5) is 0 Å². The Morgan fingerprint density at radius 3 is 2.48 bits per heavy atom. The van der Waals surface area contributed by atoms with Gasteiger partial charge in [-0.2, -0.15) is 0 Å². The van der Waals surface area contributed by atoms with Gasteiger partial charge in [-0.3, -0.25) is 4.79 Å². The first-order valence-electron chi connectivity index (χ1n) is 8.23. The van der Waals surface area contributed by atoms with Crippen molar-refractivity contribution in [1.82, 2.24) is 0 Å². The van der Waals surface area contributed by atoms with Gasteiger partial charge in [-0.25, -0.2) is 0 Å². The maximum absolute atomic E-state index is 12.0. The molecule has 116 valence electrons. The zero-order chi connectivity index (χ0) is 14.9. The quantitative estimate of drug-likeness (QED) is 0.496. The summed E-state index contributed by atoms with van der Waals surface area (Å²) in [5.74, 6) is 0.101. The summed E-state index contributed by atoms with van der Waals surface area (Å²) >= 11 is 0. The van der Waals surface area contributed by atoms with Crippen LogP contribution >= 0.6 is 0 Å². The topological polar surface area (TPSA) is 52.3 Å². The second kappa shape index (κ2) is 8.83. The van der Waals surface area contributed by atoms with Crippen molar-refractivity contribution in [3.63, 3.8) is 0 Å². The van der Waals surface area contributed by atoms with Gasteiger partial charge in [0.2, 0.25) is 0 Å². The van der Waals surface area contributed by atoms with Crippen LogP contribution in [-0.4, -0.2) is 18.6 Å². The Hall–Kier alpha value is -1.35. The van der Waals surface area contributed by atoms with Crippen molar-refractivity contribution in [1.29, 1.82) is 0 Å². The predicted molar refractivity (Wildman–Crippen MR) is 84.9 cm³/mol. The van der Waals surface area contributed by atoms with Crippen molar-refractivity contribution >= 4 is 5.97 Å². The van der Waals surface area contributed by atoms with E-state index in [9.17, 15) is 4.79 Å². The van der Waals surface area contributed by atoms with E-state index in [4.69, 9.17) is 10.5 Å². The summed E-state index contributed by atoms with van der Waals surface area (Å²) < 4.78 is 5.36. The summed E-state index contributed by atoms with van der Waals surface area (Å²) in [6, 6.07) is 9.83. The summed E-state index contributed by atoms with van der Waals surface area (Å²) in [6.07, 6.45) is 8.87. The first-order valence-corrected chi connectivity index (χ1v) is 8.23. The van der Waals surface area contributed by atoms with Gasteiger partial charge < -0.3 is 10.5 Å². The number of benzene rings is 1. The molecule has 2 N–H and O–H groups in total. The number of esters is 1. The molecule has 0 bridgehead atoms. The molecule has 0 aromatic heterocycles. The summed E-state index contributed by atoms with van der Waals surface area (Å²) in [7, 11) is 0. The van der Waals surface area contributed by atoms with E-state index in [1.165, 1.54) is 31.2 Å². The molecule has 21 heavy (non-hydrogen) atoms. The predicted octanol–water partition coefficient (Wildman–Crippen LogP) is 3.46. The van der Waals surface area contributed by atoms with Crippen molar-refractivity contribution in [2.75, 3.05) is 6.61 Å². The zero-order valence-corrected chi connectivity index (χ0v) is 12.8. The third-order valence-corrected chi connectivity index (χ3v) is 4.38. The van der Waals surface area contributed by atoms with Gasteiger partial charge in [-0.1, -0.05) is 56.0 Å². The maximum Gasteiger partial charge on any atom is 0.323 e. The number of hydrogen-bond donors (Lipinski definition) is 1. The lowest BCUT2D eigenvalue weighted by atomic mass is 9.92. The van der Waals surface area contributed by atoms with Gasteiger partial charge in [0.05, 0.1) is 6.61 Å². The summed E-state index contributed by atoms with van der Waals surface area (Å²) in [6.45, 7) is 0.466. The van der Waals surface area contributed by atoms with Crippen LogP contribution in [0.5, 0.6) is 0 Å². The summed E-state index contributed by atoms with van der Waals surface area (Å²) in [5, 5.41) is 0. The van der Waals surface area contributed by atoms with Crippen LogP contribution in [0, 0.1) is 5.92 Å². The van der Waals surface area contributed by atoms with E-state index >= 15 is 0 Å². The normalized spacial score (nSPS) is 18.0. The fraction of sp³-hybridized carbons (Fsp3) is 0.611. The lowest BCUT2D eigenvalue weighted by Crippen LogP contribution is -2.39. The third-order valence-electron chi connectivity index (χ3n) is 4.38. The molecule has 0 amide bonds. The fourth-order valence-electron chi connectivity index (χ4n) is 3.05. The number of carbonyl (C=O) groups is 1. The molecule has 1 fully saturated rings. The Morgan fingerprint density at radius 2 is 1.81 bits per heavy atom. The molecule has 0 radical (unpaired) electrons. The van der Waals surface area contributed by atoms with Crippen molar-refractivity contribution < 1.29 is 9.53 Å². The fourth-order valence-corrected chi connectivity index (χ4v) is 3.05. The second-order valence-electron chi connectivity index (χ2n) is 6.03. The minimum atomic E-state index is -0.431. The third kappa shape index (κ3) is 5.50. The minimum Gasteiger partial charge on any atom is -0.465 e. The van der Waals surface area contributed by atoms with Crippen LogP contribution in [0.2, 0.25) is 0 Å². The maximum atomic E-state index is 12.0. The SMILES string of the molecule is NC(C(=O)OCCCc1ccccc1)C1CCCCCC1. The molecular weight excluding hydrogens is 262 g/mol. The highest BCUT2D eigenvalue weighted by Crippen LogP contribution is 2.25. The average molecular weight is 289 g/mol. The number of hydrogen-bond acceptors (Lipinski definition) is 3. The highest BCUT2D eigenvalue weighted by Gasteiger charge is 2.26. The van der Waals surface area contributed by atoms with E-state index in [0.29, 0.717) is 12.5 Å². The van der Waals surface area contributed by atoms with Crippen LogP contribution in [0.1, 0.15) is 50.5 Å². The van der Waals surface area contributed by atoms with E-state index in [1.807, 2.05) is 18.2 Å². The summed E-state index contributed by atoms with van der Waals surface area (Å²) in [5.41, 5.74) is 7.36. The molecule has 1 atom stereocenters. The largest absolute Gasteiger partial charge is 0.465 e. The molecule has 1 aliphatic rings. The molecule has 0 heterocycles. The van der Waals surface area contributed by atoms with E-state index in [1.54, 1.807) is 0 Å².